The minimum absolute atomic E-state index is 0.152. The lowest BCUT2D eigenvalue weighted by molar-refractivity contribution is 0.0696. The van der Waals surface area contributed by atoms with Crippen molar-refractivity contribution in [2.45, 2.75) is 45.1 Å². The van der Waals surface area contributed by atoms with Crippen molar-refractivity contribution in [2.75, 3.05) is 11.3 Å². The molecule has 4 N–H and O–H groups in total. The zero-order valence-electron chi connectivity index (χ0n) is 20.1. The Morgan fingerprint density at radius 2 is 1.74 bits per heavy atom. The summed E-state index contributed by atoms with van der Waals surface area (Å²) in [5.74, 6) is -0.857. The third-order valence-corrected chi connectivity index (χ3v) is 6.60. The molecule has 2 aromatic carbocycles. The van der Waals surface area contributed by atoms with Gasteiger partial charge in [0.1, 0.15) is 6.61 Å². The number of carboxylic acids is 1. The molecule has 1 atom stereocenters. The van der Waals surface area contributed by atoms with E-state index < -0.39 is 16.0 Å². The number of hydrogen-bond donors (Lipinski definition) is 3. The summed E-state index contributed by atoms with van der Waals surface area (Å²) in [6.45, 7) is 8.20. The third kappa shape index (κ3) is 6.77. The van der Waals surface area contributed by atoms with Crippen LogP contribution >= 0.6 is 0 Å². The Bertz CT molecular complexity index is 1300. The van der Waals surface area contributed by atoms with E-state index in [2.05, 4.69) is 28.5 Å². The molecule has 0 aliphatic carbocycles. The summed E-state index contributed by atoms with van der Waals surface area (Å²) < 4.78 is 34.2. The molecule has 10 heteroatoms. The average Bonchev–Trinajstić information content (AvgIpc) is 2.77. The van der Waals surface area contributed by atoms with E-state index in [9.17, 15) is 18.3 Å². The summed E-state index contributed by atoms with van der Waals surface area (Å²) >= 11 is 0. The SMILES string of the molecule is Cc1cccc(C)c1-c1cc(OC[C@H](N)CC(C)C)nc(NS(=O)(=O)c2cccc(C(=O)O)c2)n1. The molecule has 35 heavy (non-hydrogen) atoms. The molecular weight excluding hydrogens is 468 g/mol. The second-order valence-electron chi connectivity index (χ2n) is 8.82. The number of aryl methyl sites for hydroxylation is 2. The van der Waals surface area contributed by atoms with Gasteiger partial charge < -0.3 is 15.6 Å². The molecule has 0 saturated heterocycles. The Hall–Kier alpha value is -3.50. The Morgan fingerprint density at radius 1 is 1.09 bits per heavy atom. The maximum atomic E-state index is 13.0. The number of anilines is 1. The number of rotatable bonds is 10. The van der Waals surface area contributed by atoms with E-state index in [-0.39, 0.29) is 34.9 Å². The highest BCUT2D eigenvalue weighted by Crippen LogP contribution is 2.29. The van der Waals surface area contributed by atoms with Crippen LogP contribution in [0.5, 0.6) is 5.88 Å². The lowest BCUT2D eigenvalue weighted by Crippen LogP contribution is -2.29. The molecule has 0 radical (unpaired) electrons. The van der Waals surface area contributed by atoms with Crippen molar-refractivity contribution >= 4 is 21.9 Å². The van der Waals surface area contributed by atoms with Gasteiger partial charge in [0.05, 0.1) is 16.2 Å². The fraction of sp³-hybridized carbons (Fsp3) is 0.320. The van der Waals surface area contributed by atoms with Crippen LogP contribution in [-0.2, 0) is 10.0 Å². The van der Waals surface area contributed by atoms with Crippen LogP contribution in [0.2, 0.25) is 0 Å². The van der Waals surface area contributed by atoms with Gasteiger partial charge in [0.15, 0.2) is 0 Å². The van der Waals surface area contributed by atoms with Gasteiger partial charge in [0, 0.05) is 17.7 Å². The Morgan fingerprint density at radius 3 is 2.37 bits per heavy atom. The number of carbonyl (C=O) groups is 1. The molecule has 0 fully saturated rings. The molecule has 0 spiro atoms. The van der Waals surface area contributed by atoms with Crippen LogP contribution in [0.4, 0.5) is 5.95 Å². The number of nitrogens with two attached hydrogens (primary N) is 1. The second-order valence-corrected chi connectivity index (χ2v) is 10.5. The molecule has 0 aliphatic heterocycles. The zero-order chi connectivity index (χ0) is 25.8. The van der Waals surface area contributed by atoms with Gasteiger partial charge in [-0.05, 0) is 55.5 Å². The second kappa shape index (κ2) is 10.8. The predicted octanol–water partition coefficient (Wildman–Crippen LogP) is 4.01. The summed E-state index contributed by atoms with van der Waals surface area (Å²) in [5, 5.41) is 9.21. The van der Waals surface area contributed by atoms with Gasteiger partial charge in [-0.15, -0.1) is 0 Å². The van der Waals surface area contributed by atoms with Crippen molar-refractivity contribution in [1.82, 2.24) is 9.97 Å². The van der Waals surface area contributed by atoms with Gasteiger partial charge in [-0.3, -0.25) is 0 Å². The monoisotopic (exact) mass is 498 g/mol. The van der Waals surface area contributed by atoms with E-state index in [1.54, 1.807) is 6.07 Å². The topological polar surface area (TPSA) is 144 Å². The van der Waals surface area contributed by atoms with Crippen LogP contribution in [0.15, 0.2) is 53.4 Å². The van der Waals surface area contributed by atoms with Gasteiger partial charge in [-0.1, -0.05) is 38.1 Å². The van der Waals surface area contributed by atoms with Crippen LogP contribution in [-0.4, -0.2) is 42.1 Å². The zero-order valence-corrected chi connectivity index (χ0v) is 21.0. The van der Waals surface area contributed by atoms with Crippen LogP contribution in [0.25, 0.3) is 11.3 Å². The number of hydrogen-bond acceptors (Lipinski definition) is 7. The molecule has 0 saturated carbocycles. The smallest absolute Gasteiger partial charge is 0.335 e. The molecule has 1 aromatic heterocycles. The van der Waals surface area contributed by atoms with Crippen LogP contribution in [0, 0.1) is 19.8 Å². The summed E-state index contributed by atoms with van der Waals surface area (Å²) in [4.78, 5) is 19.7. The fourth-order valence-corrected chi connectivity index (χ4v) is 4.72. The fourth-order valence-electron chi connectivity index (χ4n) is 3.73. The number of aromatic carboxylic acids is 1. The summed E-state index contributed by atoms with van der Waals surface area (Å²) in [6, 6.07) is 12.3. The lowest BCUT2D eigenvalue weighted by Gasteiger charge is -2.17. The number of ether oxygens (including phenoxy) is 1. The van der Waals surface area contributed by atoms with Crippen LogP contribution in [0.3, 0.4) is 0 Å². The molecule has 9 nitrogen and oxygen atoms in total. The quantitative estimate of drug-likeness (QED) is 0.380. The first-order valence-electron chi connectivity index (χ1n) is 11.2. The lowest BCUT2D eigenvalue weighted by atomic mass is 10.00. The highest BCUT2D eigenvalue weighted by atomic mass is 32.2. The molecule has 0 unspecified atom stereocenters. The average molecular weight is 499 g/mol. The van der Waals surface area contributed by atoms with Crippen molar-refractivity contribution < 1.29 is 23.1 Å². The first-order chi connectivity index (χ1) is 16.5. The first-order valence-corrected chi connectivity index (χ1v) is 12.6. The third-order valence-electron chi connectivity index (χ3n) is 5.28. The number of nitrogens with zero attached hydrogens (tertiary/aromatic N) is 2. The van der Waals surface area contributed by atoms with Gasteiger partial charge in [0.25, 0.3) is 10.0 Å². The number of carboxylic acid groups (broad SMARTS) is 1. The molecular formula is C25H30N4O5S. The van der Waals surface area contributed by atoms with Crippen molar-refractivity contribution in [3.63, 3.8) is 0 Å². The van der Waals surface area contributed by atoms with Gasteiger partial charge in [0.2, 0.25) is 11.8 Å². The van der Waals surface area contributed by atoms with E-state index >= 15 is 0 Å². The molecule has 0 bridgehead atoms. The van der Waals surface area contributed by atoms with Crippen molar-refractivity contribution in [1.29, 1.82) is 0 Å². The molecule has 1 heterocycles. The highest BCUT2D eigenvalue weighted by molar-refractivity contribution is 7.92. The van der Waals surface area contributed by atoms with Crippen molar-refractivity contribution in [2.24, 2.45) is 11.7 Å². The highest BCUT2D eigenvalue weighted by Gasteiger charge is 2.20. The number of nitrogens with one attached hydrogen (secondary N) is 1. The minimum Gasteiger partial charge on any atom is -0.478 e. The van der Waals surface area contributed by atoms with Gasteiger partial charge in [-0.25, -0.2) is 22.9 Å². The number of benzene rings is 2. The summed E-state index contributed by atoms with van der Waals surface area (Å²) in [6.07, 6.45) is 0.758. The molecule has 3 aromatic rings. The summed E-state index contributed by atoms with van der Waals surface area (Å²) in [7, 11) is -4.17. The standard InChI is InChI=1S/C25H30N4O5S/c1-15(2)11-19(26)14-34-22-13-21(23-16(3)7-5-8-17(23)4)27-25(28-22)29-35(32,33)20-10-6-9-18(12-20)24(30)31/h5-10,12-13,15,19H,11,14,26H2,1-4H3,(H,30,31)(H,27,28,29)/t19-/m1/s1. The van der Waals surface area contributed by atoms with Crippen LogP contribution in [0.1, 0.15) is 41.8 Å². The molecule has 0 amide bonds. The van der Waals surface area contributed by atoms with E-state index in [1.807, 2.05) is 32.0 Å². The first kappa shape index (κ1) is 26.1. The summed E-state index contributed by atoms with van der Waals surface area (Å²) in [5.41, 5.74) is 9.22. The Kier molecular flexibility index (Phi) is 8.08. The molecule has 186 valence electrons. The van der Waals surface area contributed by atoms with E-state index in [1.165, 1.54) is 18.2 Å². The van der Waals surface area contributed by atoms with Gasteiger partial charge >= 0.3 is 5.97 Å². The largest absolute Gasteiger partial charge is 0.478 e. The van der Waals surface area contributed by atoms with Crippen LogP contribution < -0.4 is 15.2 Å². The van der Waals surface area contributed by atoms with Crippen molar-refractivity contribution in [3.05, 3.63) is 65.2 Å². The maximum absolute atomic E-state index is 13.0. The maximum Gasteiger partial charge on any atom is 0.335 e. The van der Waals surface area contributed by atoms with E-state index in [0.717, 1.165) is 29.2 Å². The molecule has 3 rings (SSSR count). The van der Waals surface area contributed by atoms with Gasteiger partial charge in [-0.2, -0.15) is 4.98 Å². The Labute approximate surface area is 205 Å². The normalized spacial score (nSPS) is 12.4. The van der Waals surface area contributed by atoms with E-state index in [0.29, 0.717) is 11.6 Å². The van der Waals surface area contributed by atoms with Crippen molar-refractivity contribution in [3.8, 4) is 17.1 Å². The van der Waals surface area contributed by atoms with E-state index in [4.69, 9.17) is 10.5 Å². The predicted molar refractivity (Wildman–Crippen MR) is 134 cm³/mol. The minimum atomic E-state index is -4.17. The molecule has 0 aliphatic rings. The number of aromatic nitrogens is 2. The Balaban J connectivity index is 2.01. The number of sulfonamides is 1.